The molecule has 0 spiro atoms. The van der Waals surface area contributed by atoms with Crippen LogP contribution in [-0.4, -0.2) is 23.7 Å². The van der Waals surface area contributed by atoms with Gasteiger partial charge in [-0.05, 0) is 18.9 Å². The molecule has 118 valence electrons. The Kier molecular flexibility index (Phi) is 5.58. The smallest absolute Gasteiger partial charge is 0.218 e. The van der Waals surface area contributed by atoms with Crippen LogP contribution in [0.2, 0.25) is 0 Å². The molecule has 5 heteroatoms. The lowest BCUT2D eigenvalue weighted by Gasteiger charge is -2.12. The molecule has 1 aromatic carbocycles. The first-order valence-corrected chi connectivity index (χ1v) is 7.42. The van der Waals surface area contributed by atoms with Crippen LogP contribution in [0.4, 0.5) is 5.82 Å². The molecule has 1 aromatic heterocycles. The zero-order valence-electron chi connectivity index (χ0n) is 13.6. The number of aromatic nitrogens is 2. The van der Waals surface area contributed by atoms with Crippen LogP contribution in [0, 0.1) is 12.8 Å². The number of rotatable bonds is 7. The molecule has 2 aromatic rings. The highest BCUT2D eigenvalue weighted by Crippen LogP contribution is 2.20. The Labute approximate surface area is 131 Å². The Morgan fingerprint density at radius 1 is 1.18 bits per heavy atom. The third-order valence-electron chi connectivity index (χ3n) is 3.03. The van der Waals surface area contributed by atoms with Crippen LogP contribution in [0.3, 0.4) is 0 Å². The van der Waals surface area contributed by atoms with Crippen molar-refractivity contribution in [1.82, 2.24) is 9.97 Å². The van der Waals surface area contributed by atoms with Crippen molar-refractivity contribution in [1.29, 1.82) is 0 Å². The normalized spacial score (nSPS) is 10.6. The molecule has 0 amide bonds. The highest BCUT2D eigenvalue weighted by atomic mass is 16.5. The van der Waals surface area contributed by atoms with Crippen molar-refractivity contribution in [2.24, 2.45) is 5.92 Å². The fourth-order valence-electron chi connectivity index (χ4n) is 1.99. The van der Waals surface area contributed by atoms with Crippen molar-refractivity contribution >= 4 is 5.82 Å². The predicted octanol–water partition coefficient (Wildman–Crippen LogP) is 3.44. The number of ether oxygens (including phenoxy) is 2. The average Bonchev–Trinajstić information content (AvgIpc) is 2.50. The second-order valence-corrected chi connectivity index (χ2v) is 5.51. The van der Waals surface area contributed by atoms with Crippen LogP contribution in [0.25, 0.3) is 0 Å². The Bertz CT molecular complexity index is 615. The molecule has 0 aliphatic rings. The van der Waals surface area contributed by atoms with Gasteiger partial charge in [-0.1, -0.05) is 32.0 Å². The second kappa shape index (κ2) is 7.64. The molecule has 0 saturated heterocycles. The van der Waals surface area contributed by atoms with Crippen molar-refractivity contribution < 1.29 is 9.47 Å². The third kappa shape index (κ3) is 4.62. The highest BCUT2D eigenvalue weighted by molar-refractivity contribution is 5.42. The van der Waals surface area contributed by atoms with Crippen LogP contribution in [0.1, 0.15) is 25.2 Å². The summed E-state index contributed by atoms with van der Waals surface area (Å²) in [6, 6.07) is 9.73. The number of aryl methyl sites for hydroxylation is 1. The lowest BCUT2D eigenvalue weighted by molar-refractivity contribution is 0.260. The fourth-order valence-corrected chi connectivity index (χ4v) is 1.99. The molecule has 0 radical (unpaired) electrons. The first-order chi connectivity index (χ1) is 10.6. The number of hydrogen-bond donors (Lipinski definition) is 1. The van der Waals surface area contributed by atoms with E-state index in [1.54, 1.807) is 7.11 Å². The second-order valence-electron chi connectivity index (χ2n) is 5.51. The minimum absolute atomic E-state index is 0.459. The molecular weight excluding hydrogens is 278 g/mol. The van der Waals surface area contributed by atoms with E-state index in [0.29, 0.717) is 30.8 Å². The Morgan fingerprint density at radius 2 is 1.95 bits per heavy atom. The number of hydrogen-bond acceptors (Lipinski definition) is 5. The Hall–Kier alpha value is -2.30. The fraction of sp³-hybridized carbons (Fsp3) is 0.412. The molecule has 0 unspecified atom stereocenters. The molecule has 0 fully saturated rings. The van der Waals surface area contributed by atoms with E-state index < -0.39 is 0 Å². The van der Waals surface area contributed by atoms with Gasteiger partial charge in [0.05, 0.1) is 13.7 Å². The summed E-state index contributed by atoms with van der Waals surface area (Å²) in [5.74, 6) is 3.35. The summed E-state index contributed by atoms with van der Waals surface area (Å²) in [5.41, 5.74) is 1.07. The molecule has 1 N–H and O–H groups in total. The van der Waals surface area contributed by atoms with E-state index in [1.165, 1.54) is 0 Å². The average molecular weight is 301 g/mol. The summed E-state index contributed by atoms with van der Waals surface area (Å²) in [6.45, 7) is 7.34. The zero-order valence-corrected chi connectivity index (χ0v) is 13.6. The topological polar surface area (TPSA) is 56.3 Å². The van der Waals surface area contributed by atoms with Crippen molar-refractivity contribution in [3.63, 3.8) is 0 Å². The number of methoxy groups -OCH3 is 1. The van der Waals surface area contributed by atoms with E-state index in [2.05, 4.69) is 29.1 Å². The molecule has 2 rings (SSSR count). The van der Waals surface area contributed by atoms with Crippen LogP contribution >= 0.6 is 0 Å². The van der Waals surface area contributed by atoms with E-state index in [0.717, 1.165) is 17.1 Å². The zero-order chi connectivity index (χ0) is 15.9. The third-order valence-corrected chi connectivity index (χ3v) is 3.03. The minimum Gasteiger partial charge on any atom is -0.496 e. The van der Waals surface area contributed by atoms with Crippen molar-refractivity contribution in [2.45, 2.75) is 27.3 Å². The SMILES string of the molecule is COc1ccccc1CNc1cc(OCC(C)C)nc(C)n1. The van der Waals surface area contributed by atoms with Crippen molar-refractivity contribution in [3.05, 3.63) is 41.7 Å². The van der Waals surface area contributed by atoms with E-state index in [1.807, 2.05) is 37.3 Å². The maximum Gasteiger partial charge on any atom is 0.218 e. The van der Waals surface area contributed by atoms with E-state index in [9.17, 15) is 0 Å². The first kappa shape index (κ1) is 16.1. The van der Waals surface area contributed by atoms with Gasteiger partial charge in [0.2, 0.25) is 5.88 Å². The number of benzene rings is 1. The van der Waals surface area contributed by atoms with Gasteiger partial charge in [-0.2, -0.15) is 4.98 Å². The van der Waals surface area contributed by atoms with Gasteiger partial charge in [-0.15, -0.1) is 0 Å². The summed E-state index contributed by atoms with van der Waals surface area (Å²) >= 11 is 0. The molecular formula is C17H23N3O2. The van der Waals surface area contributed by atoms with Gasteiger partial charge in [-0.25, -0.2) is 4.98 Å². The van der Waals surface area contributed by atoms with Gasteiger partial charge in [0.25, 0.3) is 0 Å². The molecule has 0 atom stereocenters. The van der Waals surface area contributed by atoms with Gasteiger partial charge in [0.1, 0.15) is 17.4 Å². The number of nitrogens with one attached hydrogen (secondary N) is 1. The minimum atomic E-state index is 0.459. The van der Waals surface area contributed by atoms with E-state index >= 15 is 0 Å². The standard InChI is InChI=1S/C17H23N3O2/c1-12(2)11-22-17-9-16(19-13(3)20-17)18-10-14-7-5-6-8-15(14)21-4/h5-9,12H,10-11H2,1-4H3,(H,18,19,20). The maximum atomic E-state index is 5.67. The van der Waals surface area contributed by atoms with E-state index in [4.69, 9.17) is 9.47 Å². The summed E-state index contributed by atoms with van der Waals surface area (Å²) in [5, 5.41) is 3.29. The van der Waals surface area contributed by atoms with Gasteiger partial charge in [0, 0.05) is 18.2 Å². The summed E-state index contributed by atoms with van der Waals surface area (Å²) in [7, 11) is 1.67. The van der Waals surface area contributed by atoms with Crippen LogP contribution in [0.5, 0.6) is 11.6 Å². The summed E-state index contributed by atoms with van der Waals surface area (Å²) < 4.78 is 11.0. The number of anilines is 1. The molecule has 1 heterocycles. The molecule has 0 aliphatic carbocycles. The quantitative estimate of drug-likeness (QED) is 0.849. The number of para-hydroxylation sites is 1. The first-order valence-electron chi connectivity index (χ1n) is 7.42. The van der Waals surface area contributed by atoms with Crippen molar-refractivity contribution in [2.75, 3.05) is 19.0 Å². The molecule has 0 bridgehead atoms. The predicted molar refractivity (Wildman–Crippen MR) is 87.4 cm³/mol. The van der Waals surface area contributed by atoms with E-state index in [-0.39, 0.29) is 0 Å². The van der Waals surface area contributed by atoms with Crippen LogP contribution in [0.15, 0.2) is 30.3 Å². The van der Waals surface area contributed by atoms with Gasteiger partial charge < -0.3 is 14.8 Å². The highest BCUT2D eigenvalue weighted by Gasteiger charge is 2.06. The number of nitrogens with zero attached hydrogens (tertiary/aromatic N) is 2. The van der Waals surface area contributed by atoms with Crippen LogP contribution in [-0.2, 0) is 6.54 Å². The van der Waals surface area contributed by atoms with Gasteiger partial charge in [0.15, 0.2) is 0 Å². The summed E-state index contributed by atoms with van der Waals surface area (Å²) in [4.78, 5) is 8.68. The van der Waals surface area contributed by atoms with Gasteiger partial charge in [-0.3, -0.25) is 0 Å². The maximum absolute atomic E-state index is 5.67. The Balaban J connectivity index is 2.06. The summed E-state index contributed by atoms with van der Waals surface area (Å²) in [6.07, 6.45) is 0. The lowest BCUT2D eigenvalue weighted by atomic mass is 10.2. The largest absolute Gasteiger partial charge is 0.496 e. The van der Waals surface area contributed by atoms with Crippen molar-refractivity contribution in [3.8, 4) is 11.6 Å². The molecule has 22 heavy (non-hydrogen) atoms. The lowest BCUT2D eigenvalue weighted by Crippen LogP contribution is -2.09. The molecule has 0 aliphatic heterocycles. The van der Waals surface area contributed by atoms with Gasteiger partial charge >= 0.3 is 0 Å². The Morgan fingerprint density at radius 3 is 2.68 bits per heavy atom. The molecule has 0 saturated carbocycles. The monoisotopic (exact) mass is 301 g/mol. The van der Waals surface area contributed by atoms with Crippen LogP contribution < -0.4 is 14.8 Å². The molecule has 5 nitrogen and oxygen atoms in total.